The summed E-state index contributed by atoms with van der Waals surface area (Å²) in [7, 11) is 0. The van der Waals surface area contributed by atoms with Crippen LogP contribution >= 0.6 is 0 Å². The molecule has 0 aliphatic rings. The predicted octanol–water partition coefficient (Wildman–Crippen LogP) is 11.3. The Kier molecular flexibility index (Phi) is 36.3. The number of allylic oxidation sites excluding steroid dienone is 4. The molecule has 0 spiro atoms. The topological polar surface area (TPSA) is 81.8 Å². The first-order valence-electron chi connectivity index (χ1n) is 19.6. The lowest BCUT2D eigenvalue weighted by molar-refractivity contribution is -0.145. The number of aliphatic hydroxyl groups is 1. The number of primary amides is 1. The highest BCUT2D eigenvalue weighted by atomic mass is 16.5. The van der Waals surface area contributed by atoms with Crippen LogP contribution in [0.2, 0.25) is 0 Å². The number of hydrogen-bond acceptors (Lipinski definition) is 4. The van der Waals surface area contributed by atoms with Crippen LogP contribution in [0.15, 0.2) is 24.3 Å². The highest BCUT2D eigenvalue weighted by Crippen LogP contribution is 2.13. The van der Waals surface area contributed by atoms with Crippen molar-refractivity contribution in [3.63, 3.8) is 0 Å². The zero-order chi connectivity index (χ0) is 32.9. The summed E-state index contributed by atoms with van der Waals surface area (Å²) in [6.07, 6.45) is 43.1. The van der Waals surface area contributed by atoms with Gasteiger partial charge in [-0.2, -0.15) is 0 Å². The van der Waals surface area contributed by atoms with Crippen molar-refractivity contribution in [1.82, 2.24) is 0 Å². The maximum Gasteiger partial charge on any atom is 0.249 e. The van der Waals surface area contributed by atoms with Crippen molar-refractivity contribution in [1.29, 1.82) is 0 Å². The summed E-state index contributed by atoms with van der Waals surface area (Å²) in [5, 5.41) is 9.80. The van der Waals surface area contributed by atoms with Gasteiger partial charge in [-0.1, -0.05) is 154 Å². The lowest BCUT2D eigenvalue weighted by Gasteiger charge is -2.23. The van der Waals surface area contributed by atoms with Crippen molar-refractivity contribution < 1.29 is 19.4 Å². The Balaban J connectivity index is 3.68. The van der Waals surface area contributed by atoms with E-state index in [1.165, 1.54) is 154 Å². The van der Waals surface area contributed by atoms with Gasteiger partial charge in [0.25, 0.3) is 0 Å². The Hall–Kier alpha value is -1.17. The number of ether oxygens (including phenoxy) is 2. The SMILES string of the molecule is CCCCCCCC/C=C\CCCCCCCCOC(CO)C(OCCCCCCCC/C=C\CCCCCCCC)C(N)=O. The summed E-state index contributed by atoms with van der Waals surface area (Å²) in [4.78, 5) is 12.0. The number of aliphatic hydroxyl groups excluding tert-OH is 1. The summed E-state index contributed by atoms with van der Waals surface area (Å²) in [6.45, 7) is 5.28. The number of unbranched alkanes of at least 4 members (excludes halogenated alkanes) is 24. The molecular formula is C40H77NO4. The molecule has 2 atom stereocenters. The number of amides is 1. The van der Waals surface area contributed by atoms with E-state index in [2.05, 4.69) is 38.2 Å². The fourth-order valence-electron chi connectivity index (χ4n) is 5.75. The van der Waals surface area contributed by atoms with Gasteiger partial charge in [-0.25, -0.2) is 0 Å². The first-order chi connectivity index (χ1) is 22.2. The van der Waals surface area contributed by atoms with Gasteiger partial charge in [-0.15, -0.1) is 0 Å². The molecule has 1 amide bonds. The second kappa shape index (κ2) is 37.3. The second-order valence-corrected chi connectivity index (χ2v) is 13.2. The van der Waals surface area contributed by atoms with E-state index in [0.29, 0.717) is 13.2 Å². The molecule has 5 heteroatoms. The van der Waals surface area contributed by atoms with Gasteiger partial charge < -0.3 is 20.3 Å². The third-order valence-electron chi connectivity index (χ3n) is 8.74. The Morgan fingerprint density at radius 2 is 0.822 bits per heavy atom. The van der Waals surface area contributed by atoms with Crippen molar-refractivity contribution in [2.75, 3.05) is 19.8 Å². The minimum Gasteiger partial charge on any atom is -0.394 e. The Morgan fingerprint density at radius 1 is 0.511 bits per heavy atom. The van der Waals surface area contributed by atoms with Gasteiger partial charge in [0.1, 0.15) is 6.10 Å². The lowest BCUT2D eigenvalue weighted by Crippen LogP contribution is -2.44. The smallest absolute Gasteiger partial charge is 0.249 e. The molecule has 0 aliphatic heterocycles. The van der Waals surface area contributed by atoms with Crippen LogP contribution in [0.5, 0.6) is 0 Å². The van der Waals surface area contributed by atoms with Crippen LogP contribution in [0.1, 0.15) is 194 Å². The van der Waals surface area contributed by atoms with Crippen LogP contribution in [0, 0.1) is 0 Å². The van der Waals surface area contributed by atoms with Crippen LogP contribution < -0.4 is 5.73 Å². The third-order valence-corrected chi connectivity index (χ3v) is 8.74. The maximum atomic E-state index is 12.0. The van der Waals surface area contributed by atoms with Crippen molar-refractivity contribution in [3.8, 4) is 0 Å². The average molecular weight is 636 g/mol. The molecule has 266 valence electrons. The van der Waals surface area contributed by atoms with Crippen LogP contribution in [0.3, 0.4) is 0 Å². The summed E-state index contributed by atoms with van der Waals surface area (Å²) >= 11 is 0. The predicted molar refractivity (Wildman–Crippen MR) is 195 cm³/mol. The molecule has 0 saturated carbocycles. The van der Waals surface area contributed by atoms with Gasteiger partial charge in [0.15, 0.2) is 6.10 Å². The largest absolute Gasteiger partial charge is 0.394 e. The standard InChI is InChI=1S/C40H77NO4/c1-3-5-7-9-11-13-15-17-19-21-23-25-27-29-31-33-35-44-38(37-42)39(40(41)43)45-36-34-32-30-28-26-24-22-20-18-16-14-12-10-8-6-4-2/h17-20,38-39,42H,3-16,21-37H2,1-2H3,(H2,41,43)/b19-17-,20-18-. The molecular weight excluding hydrogens is 558 g/mol. The molecule has 0 aromatic rings. The van der Waals surface area contributed by atoms with E-state index in [1.54, 1.807) is 0 Å². The second-order valence-electron chi connectivity index (χ2n) is 13.2. The van der Waals surface area contributed by atoms with Crippen molar-refractivity contribution in [3.05, 3.63) is 24.3 Å². The summed E-state index contributed by atoms with van der Waals surface area (Å²) in [6, 6.07) is 0. The molecule has 5 nitrogen and oxygen atoms in total. The minimum absolute atomic E-state index is 0.257. The number of rotatable bonds is 37. The van der Waals surface area contributed by atoms with E-state index in [1.807, 2.05) is 0 Å². The molecule has 0 bridgehead atoms. The van der Waals surface area contributed by atoms with Crippen molar-refractivity contribution in [2.24, 2.45) is 5.73 Å². The van der Waals surface area contributed by atoms with E-state index in [4.69, 9.17) is 15.2 Å². The van der Waals surface area contributed by atoms with Gasteiger partial charge in [-0.3, -0.25) is 4.79 Å². The van der Waals surface area contributed by atoms with Crippen LogP contribution in [0.4, 0.5) is 0 Å². The molecule has 0 saturated heterocycles. The van der Waals surface area contributed by atoms with Gasteiger partial charge in [-0.05, 0) is 64.2 Å². The molecule has 0 radical (unpaired) electrons. The fraction of sp³-hybridized carbons (Fsp3) is 0.875. The quantitative estimate of drug-likeness (QED) is 0.0525. The zero-order valence-corrected chi connectivity index (χ0v) is 30.1. The first kappa shape index (κ1) is 43.8. The molecule has 0 fully saturated rings. The molecule has 0 aromatic heterocycles. The highest BCUT2D eigenvalue weighted by molar-refractivity contribution is 5.79. The summed E-state index contributed by atoms with van der Waals surface area (Å²) in [5.74, 6) is -0.556. The molecule has 3 N–H and O–H groups in total. The van der Waals surface area contributed by atoms with E-state index in [-0.39, 0.29) is 6.61 Å². The summed E-state index contributed by atoms with van der Waals surface area (Å²) < 4.78 is 11.6. The summed E-state index contributed by atoms with van der Waals surface area (Å²) in [5.41, 5.74) is 5.59. The Bertz CT molecular complexity index is 650. The number of hydrogen-bond donors (Lipinski definition) is 2. The maximum absolute atomic E-state index is 12.0. The number of nitrogens with two attached hydrogens (primary N) is 1. The first-order valence-corrected chi connectivity index (χ1v) is 19.6. The van der Waals surface area contributed by atoms with E-state index in [0.717, 1.165) is 25.7 Å². The van der Waals surface area contributed by atoms with Crippen LogP contribution in [-0.4, -0.2) is 43.0 Å². The zero-order valence-electron chi connectivity index (χ0n) is 30.1. The fourth-order valence-corrected chi connectivity index (χ4v) is 5.75. The minimum atomic E-state index is -0.882. The van der Waals surface area contributed by atoms with Crippen LogP contribution in [0.25, 0.3) is 0 Å². The monoisotopic (exact) mass is 636 g/mol. The van der Waals surface area contributed by atoms with Gasteiger partial charge in [0.05, 0.1) is 6.61 Å². The number of carbonyl (C=O) groups excluding carboxylic acids is 1. The Labute approximate surface area is 280 Å². The Morgan fingerprint density at radius 3 is 1.16 bits per heavy atom. The molecule has 0 aliphatic carbocycles. The molecule has 2 unspecified atom stereocenters. The van der Waals surface area contributed by atoms with E-state index in [9.17, 15) is 9.90 Å². The van der Waals surface area contributed by atoms with Gasteiger partial charge in [0, 0.05) is 13.2 Å². The number of carbonyl (C=O) groups is 1. The highest BCUT2D eigenvalue weighted by Gasteiger charge is 2.27. The molecule has 0 rings (SSSR count). The molecule has 0 heterocycles. The van der Waals surface area contributed by atoms with Crippen molar-refractivity contribution in [2.45, 2.75) is 206 Å². The van der Waals surface area contributed by atoms with E-state index >= 15 is 0 Å². The van der Waals surface area contributed by atoms with Crippen molar-refractivity contribution >= 4 is 5.91 Å². The average Bonchev–Trinajstić information content (AvgIpc) is 3.04. The van der Waals surface area contributed by atoms with E-state index < -0.39 is 18.1 Å². The third kappa shape index (κ3) is 32.6. The molecule has 0 aromatic carbocycles. The molecule has 45 heavy (non-hydrogen) atoms. The van der Waals surface area contributed by atoms with Gasteiger partial charge >= 0.3 is 0 Å². The van der Waals surface area contributed by atoms with Crippen LogP contribution in [-0.2, 0) is 14.3 Å². The normalized spacial score (nSPS) is 13.3. The lowest BCUT2D eigenvalue weighted by atomic mass is 10.1. The van der Waals surface area contributed by atoms with Gasteiger partial charge in [0.2, 0.25) is 5.91 Å².